The van der Waals surface area contributed by atoms with E-state index in [1.165, 1.54) is 75.6 Å². The summed E-state index contributed by atoms with van der Waals surface area (Å²) in [4.78, 5) is 11.5. The monoisotopic (exact) mass is 324 g/mol. The highest BCUT2D eigenvalue weighted by atomic mass is 16.2. The van der Waals surface area contributed by atoms with E-state index < -0.39 is 0 Å². The molecule has 0 saturated heterocycles. The predicted molar refractivity (Wildman–Crippen MR) is 101 cm³/mol. The van der Waals surface area contributed by atoms with Gasteiger partial charge in [0, 0.05) is 13.0 Å². The van der Waals surface area contributed by atoms with Gasteiger partial charge in [-0.3, -0.25) is 9.80 Å². The molecular formula is C20H40N2O. The number of carbonyl (C=O) groups excluding carboxylic acids is 1. The minimum atomic E-state index is 0.0742. The summed E-state index contributed by atoms with van der Waals surface area (Å²) in [7, 11) is 0. The molecule has 0 heterocycles. The number of hydrogen-bond donors (Lipinski definition) is 1. The number of hydrazine groups is 1. The zero-order chi connectivity index (χ0) is 17.2. The predicted octanol–water partition coefficient (Wildman–Crippen LogP) is 5.75. The van der Waals surface area contributed by atoms with Gasteiger partial charge >= 0.3 is 0 Å². The molecule has 0 aliphatic rings. The molecule has 0 radical (unpaired) electrons. The SMILES string of the molecule is CCCCCCCC/C=C\CCCCCCCC(=O)N(N)CC. The van der Waals surface area contributed by atoms with Crippen molar-refractivity contribution in [1.29, 1.82) is 0 Å². The van der Waals surface area contributed by atoms with E-state index >= 15 is 0 Å². The number of unbranched alkanes of at least 4 members (excludes halogenated alkanes) is 11. The maximum atomic E-state index is 11.5. The molecule has 0 rings (SSSR count). The molecule has 0 saturated carbocycles. The van der Waals surface area contributed by atoms with Gasteiger partial charge in [-0.1, -0.05) is 70.4 Å². The number of hydrogen-bond acceptors (Lipinski definition) is 2. The van der Waals surface area contributed by atoms with Crippen LogP contribution in [-0.4, -0.2) is 17.5 Å². The lowest BCUT2D eigenvalue weighted by atomic mass is 10.1. The number of rotatable bonds is 16. The Morgan fingerprint density at radius 3 is 1.78 bits per heavy atom. The molecule has 0 spiro atoms. The van der Waals surface area contributed by atoms with Crippen LogP contribution in [0.3, 0.4) is 0 Å². The summed E-state index contributed by atoms with van der Waals surface area (Å²) < 4.78 is 0. The van der Waals surface area contributed by atoms with Crippen molar-refractivity contribution in [1.82, 2.24) is 5.01 Å². The summed E-state index contributed by atoms with van der Waals surface area (Å²) in [6, 6.07) is 0. The smallest absolute Gasteiger partial charge is 0.236 e. The standard InChI is InChI=1S/C20H40N2O/c1-3-5-6-7-8-9-10-11-12-13-14-15-16-17-18-19-20(23)22(21)4-2/h11-12H,3-10,13-19,21H2,1-2H3/b12-11-. The first kappa shape index (κ1) is 22.2. The molecule has 0 aliphatic heterocycles. The number of allylic oxidation sites excluding steroid dienone is 2. The molecular weight excluding hydrogens is 284 g/mol. The fourth-order valence-corrected chi connectivity index (χ4v) is 2.67. The highest BCUT2D eigenvalue weighted by Gasteiger charge is 2.05. The van der Waals surface area contributed by atoms with Crippen LogP contribution in [0.4, 0.5) is 0 Å². The van der Waals surface area contributed by atoms with E-state index in [-0.39, 0.29) is 5.91 Å². The Labute approximate surface area is 144 Å². The average Bonchev–Trinajstić information content (AvgIpc) is 2.57. The van der Waals surface area contributed by atoms with Gasteiger partial charge < -0.3 is 0 Å². The van der Waals surface area contributed by atoms with Crippen LogP contribution < -0.4 is 5.84 Å². The highest BCUT2D eigenvalue weighted by molar-refractivity contribution is 5.75. The van der Waals surface area contributed by atoms with E-state index in [0.29, 0.717) is 13.0 Å². The summed E-state index contributed by atoms with van der Waals surface area (Å²) >= 11 is 0. The van der Waals surface area contributed by atoms with Crippen molar-refractivity contribution in [2.75, 3.05) is 6.54 Å². The normalized spacial score (nSPS) is 11.3. The average molecular weight is 325 g/mol. The summed E-state index contributed by atoms with van der Waals surface area (Å²) in [6.07, 6.45) is 22.0. The van der Waals surface area contributed by atoms with Gasteiger partial charge in [0.25, 0.3) is 0 Å². The Kier molecular flexibility index (Phi) is 16.9. The van der Waals surface area contributed by atoms with Crippen LogP contribution in [-0.2, 0) is 4.79 Å². The number of carbonyl (C=O) groups is 1. The molecule has 0 fully saturated rings. The fraction of sp³-hybridized carbons (Fsp3) is 0.850. The van der Waals surface area contributed by atoms with Crippen LogP contribution in [0.15, 0.2) is 12.2 Å². The Hall–Kier alpha value is -0.830. The minimum absolute atomic E-state index is 0.0742. The first-order valence-electron chi connectivity index (χ1n) is 9.92. The van der Waals surface area contributed by atoms with Gasteiger partial charge in [0.05, 0.1) is 0 Å². The molecule has 3 nitrogen and oxygen atoms in total. The van der Waals surface area contributed by atoms with Crippen LogP contribution in [0.2, 0.25) is 0 Å². The fourth-order valence-electron chi connectivity index (χ4n) is 2.67. The van der Waals surface area contributed by atoms with E-state index in [2.05, 4.69) is 19.1 Å². The zero-order valence-electron chi connectivity index (χ0n) is 15.7. The first-order chi connectivity index (χ1) is 11.2. The van der Waals surface area contributed by atoms with Crippen molar-refractivity contribution < 1.29 is 4.79 Å². The molecule has 0 unspecified atom stereocenters. The summed E-state index contributed by atoms with van der Waals surface area (Å²) in [6.45, 7) is 4.77. The number of nitrogens with two attached hydrogens (primary N) is 1. The van der Waals surface area contributed by atoms with E-state index in [1.54, 1.807) is 0 Å². The maximum Gasteiger partial charge on any atom is 0.236 e. The third-order valence-corrected chi connectivity index (χ3v) is 4.31. The second kappa shape index (κ2) is 17.5. The van der Waals surface area contributed by atoms with Gasteiger partial charge in [-0.15, -0.1) is 0 Å². The van der Waals surface area contributed by atoms with Gasteiger partial charge in [0.1, 0.15) is 0 Å². The van der Waals surface area contributed by atoms with Gasteiger partial charge in [-0.05, 0) is 39.0 Å². The van der Waals surface area contributed by atoms with E-state index in [9.17, 15) is 4.79 Å². The molecule has 1 amide bonds. The number of nitrogens with zero attached hydrogens (tertiary/aromatic N) is 1. The molecule has 0 atom stereocenters. The van der Waals surface area contributed by atoms with Crippen LogP contribution in [0, 0.1) is 0 Å². The van der Waals surface area contributed by atoms with Crippen molar-refractivity contribution in [3.05, 3.63) is 12.2 Å². The minimum Gasteiger partial charge on any atom is -0.281 e. The number of amides is 1. The summed E-state index contributed by atoms with van der Waals surface area (Å²) in [5.41, 5.74) is 0. The zero-order valence-corrected chi connectivity index (χ0v) is 15.7. The van der Waals surface area contributed by atoms with Gasteiger partial charge in [-0.25, -0.2) is 5.84 Å². The Balaban J connectivity index is 3.21. The third-order valence-electron chi connectivity index (χ3n) is 4.31. The van der Waals surface area contributed by atoms with E-state index in [4.69, 9.17) is 5.84 Å². The summed E-state index contributed by atoms with van der Waals surface area (Å²) in [5, 5.41) is 1.31. The maximum absolute atomic E-state index is 11.5. The van der Waals surface area contributed by atoms with Crippen molar-refractivity contribution in [2.24, 2.45) is 5.84 Å². The second-order valence-corrected chi connectivity index (χ2v) is 6.51. The second-order valence-electron chi connectivity index (χ2n) is 6.51. The molecule has 0 aromatic rings. The molecule has 136 valence electrons. The lowest BCUT2D eigenvalue weighted by molar-refractivity contribution is -0.131. The lowest BCUT2D eigenvalue weighted by Crippen LogP contribution is -2.36. The topological polar surface area (TPSA) is 46.3 Å². The van der Waals surface area contributed by atoms with E-state index in [1.807, 2.05) is 6.92 Å². The van der Waals surface area contributed by atoms with Gasteiger partial charge in [-0.2, -0.15) is 0 Å². The van der Waals surface area contributed by atoms with Crippen LogP contribution in [0.5, 0.6) is 0 Å². The largest absolute Gasteiger partial charge is 0.281 e. The quantitative estimate of drug-likeness (QED) is 0.129. The van der Waals surface area contributed by atoms with Crippen molar-refractivity contribution >= 4 is 5.91 Å². The Bertz CT molecular complexity index is 289. The first-order valence-corrected chi connectivity index (χ1v) is 9.92. The third kappa shape index (κ3) is 15.8. The molecule has 23 heavy (non-hydrogen) atoms. The summed E-state index contributed by atoms with van der Waals surface area (Å²) in [5.74, 6) is 5.63. The lowest BCUT2D eigenvalue weighted by Gasteiger charge is -2.13. The van der Waals surface area contributed by atoms with Crippen molar-refractivity contribution in [2.45, 2.75) is 104 Å². The molecule has 2 N–H and O–H groups in total. The highest BCUT2D eigenvalue weighted by Crippen LogP contribution is 2.10. The Morgan fingerprint density at radius 2 is 1.26 bits per heavy atom. The van der Waals surface area contributed by atoms with Gasteiger partial charge in [0.15, 0.2) is 0 Å². The van der Waals surface area contributed by atoms with Crippen molar-refractivity contribution in [3.8, 4) is 0 Å². The van der Waals surface area contributed by atoms with Crippen molar-refractivity contribution in [3.63, 3.8) is 0 Å². The van der Waals surface area contributed by atoms with E-state index in [0.717, 1.165) is 12.8 Å². The molecule has 0 aromatic heterocycles. The molecule has 0 bridgehead atoms. The van der Waals surface area contributed by atoms with Crippen LogP contribution in [0.25, 0.3) is 0 Å². The molecule has 3 heteroatoms. The Morgan fingerprint density at radius 1 is 0.783 bits per heavy atom. The van der Waals surface area contributed by atoms with Gasteiger partial charge in [0.2, 0.25) is 5.91 Å². The van der Waals surface area contributed by atoms with Crippen LogP contribution >= 0.6 is 0 Å². The molecule has 0 aromatic carbocycles. The molecule has 0 aliphatic carbocycles. The van der Waals surface area contributed by atoms with Crippen LogP contribution in [0.1, 0.15) is 104 Å².